The van der Waals surface area contributed by atoms with Crippen molar-refractivity contribution in [2.45, 2.75) is 72.2 Å². The predicted molar refractivity (Wildman–Crippen MR) is 101 cm³/mol. The number of hydrogen-bond donors (Lipinski definition) is 1. The van der Waals surface area contributed by atoms with E-state index in [2.05, 4.69) is 36.5 Å². The van der Waals surface area contributed by atoms with E-state index < -0.39 is 6.04 Å². The van der Waals surface area contributed by atoms with Crippen molar-refractivity contribution in [3.63, 3.8) is 0 Å². The molecule has 1 heterocycles. The number of nitrogens with zero attached hydrogens (tertiary/aromatic N) is 2. The molecule has 0 saturated carbocycles. The Bertz CT molecular complexity index is 469. The summed E-state index contributed by atoms with van der Waals surface area (Å²) in [6.07, 6.45) is 9.73. The molecule has 0 unspecified atom stereocenters. The second-order valence-corrected chi connectivity index (χ2v) is 7.92. The van der Waals surface area contributed by atoms with Gasteiger partial charge in [-0.15, -0.1) is 12.8 Å². The fourth-order valence-corrected chi connectivity index (χ4v) is 2.57. The zero-order chi connectivity index (χ0) is 19.1. The SMILES string of the molecule is C#C.C=N[C@@H]1CCCN1C(=O)[C@@H](NC(=C)OC(C)(C)C)C(C)(C)C. The number of carbonyl (C=O) groups excluding carboxylic acids is 1. The van der Waals surface area contributed by atoms with Gasteiger partial charge in [0.1, 0.15) is 17.8 Å². The summed E-state index contributed by atoms with van der Waals surface area (Å²) in [7, 11) is 0. The molecular formula is C19H33N3O2. The molecule has 0 spiro atoms. The van der Waals surface area contributed by atoms with Crippen molar-refractivity contribution in [2.75, 3.05) is 6.54 Å². The van der Waals surface area contributed by atoms with Crippen molar-refractivity contribution in [3.8, 4) is 12.8 Å². The number of hydrogen-bond acceptors (Lipinski definition) is 4. The monoisotopic (exact) mass is 335 g/mol. The molecule has 1 amide bonds. The molecule has 1 fully saturated rings. The molecule has 1 rings (SSSR count). The van der Waals surface area contributed by atoms with E-state index in [-0.39, 0.29) is 23.1 Å². The Kier molecular flexibility index (Phi) is 8.05. The third-order valence-corrected chi connectivity index (χ3v) is 3.56. The minimum absolute atomic E-state index is 0.0288. The molecule has 1 N–H and O–H groups in total. The van der Waals surface area contributed by atoms with Crippen LogP contribution < -0.4 is 5.32 Å². The standard InChI is InChI=1S/C17H31N3O2.C2H2/c1-12(22-17(5,6)7)19-14(16(2,3)4)15(21)20-11-9-10-13(20)18-8;1-2/h13-14,19H,1,8-11H2,2-7H3;1-2H/t13-,14+;/m0./s1. The van der Waals surface area contributed by atoms with Crippen LogP contribution in [0.3, 0.4) is 0 Å². The van der Waals surface area contributed by atoms with Crippen LogP contribution in [0.4, 0.5) is 0 Å². The topological polar surface area (TPSA) is 53.9 Å². The number of likely N-dealkylation sites (tertiary alicyclic amines) is 1. The van der Waals surface area contributed by atoms with Gasteiger partial charge in [0.2, 0.25) is 5.91 Å². The maximum Gasteiger partial charge on any atom is 0.247 e. The summed E-state index contributed by atoms with van der Waals surface area (Å²) in [6.45, 7) is 20.2. The molecule has 0 radical (unpaired) electrons. The first-order chi connectivity index (χ1) is 11.0. The molecule has 2 atom stereocenters. The summed E-state index contributed by atoms with van der Waals surface area (Å²) in [5, 5.41) is 3.16. The molecule has 0 bridgehead atoms. The number of nitrogens with one attached hydrogen (secondary N) is 1. The molecule has 5 heteroatoms. The summed E-state index contributed by atoms with van der Waals surface area (Å²) in [5.74, 6) is 0.448. The van der Waals surface area contributed by atoms with Gasteiger partial charge in [0.25, 0.3) is 0 Å². The summed E-state index contributed by atoms with van der Waals surface area (Å²) >= 11 is 0. The second-order valence-electron chi connectivity index (χ2n) is 7.92. The minimum Gasteiger partial charge on any atom is -0.474 e. The van der Waals surface area contributed by atoms with Crippen molar-refractivity contribution in [3.05, 3.63) is 12.5 Å². The fraction of sp³-hybridized carbons (Fsp3) is 0.684. The second kappa shape index (κ2) is 8.77. The van der Waals surface area contributed by atoms with E-state index in [0.717, 1.165) is 19.4 Å². The van der Waals surface area contributed by atoms with E-state index >= 15 is 0 Å². The highest BCUT2D eigenvalue weighted by Gasteiger charge is 2.39. The third kappa shape index (κ3) is 6.66. The highest BCUT2D eigenvalue weighted by molar-refractivity contribution is 5.83. The number of rotatable bonds is 5. The largest absolute Gasteiger partial charge is 0.474 e. The first kappa shape index (κ1) is 22.0. The Balaban J connectivity index is 0.00000254. The average molecular weight is 335 g/mol. The predicted octanol–water partition coefficient (Wildman–Crippen LogP) is 3.18. The Morgan fingerprint density at radius 3 is 2.25 bits per heavy atom. The van der Waals surface area contributed by atoms with Crippen molar-refractivity contribution in [2.24, 2.45) is 10.4 Å². The molecule has 0 aromatic heterocycles. The van der Waals surface area contributed by atoms with Crippen LogP contribution in [0.25, 0.3) is 0 Å². The number of terminal acetylenes is 1. The lowest BCUT2D eigenvalue weighted by atomic mass is 9.85. The van der Waals surface area contributed by atoms with Gasteiger partial charge < -0.3 is 15.0 Å². The summed E-state index contributed by atoms with van der Waals surface area (Å²) in [5.41, 5.74) is -0.621. The average Bonchev–Trinajstić information content (AvgIpc) is 2.91. The van der Waals surface area contributed by atoms with Gasteiger partial charge in [0.05, 0.1) is 0 Å². The number of amides is 1. The minimum atomic E-state index is -0.412. The first-order valence-electron chi connectivity index (χ1n) is 8.20. The van der Waals surface area contributed by atoms with E-state index in [0.29, 0.717) is 5.88 Å². The molecule has 1 aliphatic rings. The Morgan fingerprint density at radius 2 is 1.83 bits per heavy atom. The molecule has 0 aliphatic carbocycles. The molecule has 1 aliphatic heterocycles. The van der Waals surface area contributed by atoms with E-state index in [9.17, 15) is 4.79 Å². The highest BCUT2D eigenvalue weighted by atomic mass is 16.5. The van der Waals surface area contributed by atoms with Crippen LogP contribution in [0.5, 0.6) is 0 Å². The molecule has 1 saturated heterocycles. The molecular weight excluding hydrogens is 302 g/mol. The van der Waals surface area contributed by atoms with Gasteiger partial charge in [-0.2, -0.15) is 0 Å². The van der Waals surface area contributed by atoms with Gasteiger partial charge in [0.15, 0.2) is 5.88 Å². The van der Waals surface area contributed by atoms with Gasteiger partial charge >= 0.3 is 0 Å². The first-order valence-corrected chi connectivity index (χ1v) is 8.20. The van der Waals surface area contributed by atoms with Crippen molar-refractivity contribution >= 4 is 12.6 Å². The van der Waals surface area contributed by atoms with E-state index in [1.807, 2.05) is 41.5 Å². The lowest BCUT2D eigenvalue weighted by molar-refractivity contribution is -0.137. The van der Waals surface area contributed by atoms with Crippen molar-refractivity contribution in [1.82, 2.24) is 10.2 Å². The van der Waals surface area contributed by atoms with Gasteiger partial charge in [-0.05, 0) is 52.3 Å². The van der Waals surface area contributed by atoms with Crippen LogP contribution in [0.15, 0.2) is 17.5 Å². The van der Waals surface area contributed by atoms with E-state index in [1.54, 1.807) is 4.90 Å². The smallest absolute Gasteiger partial charge is 0.247 e. The van der Waals surface area contributed by atoms with Gasteiger partial charge in [-0.3, -0.25) is 9.79 Å². The zero-order valence-electron chi connectivity index (χ0n) is 16.1. The molecule has 24 heavy (non-hydrogen) atoms. The van der Waals surface area contributed by atoms with Crippen LogP contribution in [0.1, 0.15) is 54.4 Å². The Morgan fingerprint density at radius 1 is 1.29 bits per heavy atom. The Labute approximate surface area is 147 Å². The number of carbonyl (C=O) groups is 1. The van der Waals surface area contributed by atoms with Gasteiger partial charge in [-0.25, -0.2) is 0 Å². The maximum absolute atomic E-state index is 12.9. The third-order valence-electron chi connectivity index (χ3n) is 3.56. The van der Waals surface area contributed by atoms with E-state index in [1.165, 1.54) is 0 Å². The molecule has 5 nitrogen and oxygen atoms in total. The van der Waals surface area contributed by atoms with Crippen LogP contribution in [0.2, 0.25) is 0 Å². The molecule has 136 valence electrons. The fourth-order valence-electron chi connectivity index (χ4n) is 2.57. The normalized spacial score (nSPS) is 18.8. The summed E-state index contributed by atoms with van der Waals surface area (Å²) in [6, 6.07) is -0.412. The summed E-state index contributed by atoms with van der Waals surface area (Å²) in [4.78, 5) is 18.8. The maximum atomic E-state index is 12.9. The van der Waals surface area contributed by atoms with Gasteiger partial charge in [0, 0.05) is 6.54 Å². The van der Waals surface area contributed by atoms with Crippen LogP contribution in [-0.4, -0.2) is 41.9 Å². The van der Waals surface area contributed by atoms with Crippen LogP contribution in [0, 0.1) is 18.3 Å². The Hall–Kier alpha value is -1.96. The molecule has 0 aromatic carbocycles. The number of ether oxygens (including phenoxy) is 1. The van der Waals surface area contributed by atoms with Crippen molar-refractivity contribution in [1.29, 1.82) is 0 Å². The molecule has 0 aromatic rings. The number of aliphatic imine (C=N–C) groups is 1. The summed E-state index contributed by atoms with van der Waals surface area (Å²) < 4.78 is 5.72. The lowest BCUT2D eigenvalue weighted by Crippen LogP contribution is -2.54. The zero-order valence-corrected chi connectivity index (χ0v) is 16.1. The van der Waals surface area contributed by atoms with Crippen LogP contribution in [-0.2, 0) is 9.53 Å². The van der Waals surface area contributed by atoms with Crippen LogP contribution >= 0.6 is 0 Å². The highest BCUT2D eigenvalue weighted by Crippen LogP contribution is 2.27. The lowest BCUT2D eigenvalue weighted by Gasteiger charge is -2.36. The quantitative estimate of drug-likeness (QED) is 0.477. The van der Waals surface area contributed by atoms with Gasteiger partial charge in [-0.1, -0.05) is 20.8 Å². The van der Waals surface area contributed by atoms with E-state index in [4.69, 9.17) is 4.74 Å². The van der Waals surface area contributed by atoms with Crippen molar-refractivity contribution < 1.29 is 9.53 Å².